The lowest BCUT2D eigenvalue weighted by molar-refractivity contribution is -0.0432. The predicted molar refractivity (Wildman–Crippen MR) is 121 cm³/mol. The monoisotopic (exact) mass is 445 g/mol. The number of benzene rings is 1. The molecule has 2 aromatic rings. The second-order valence-corrected chi connectivity index (χ2v) is 14.1. The van der Waals surface area contributed by atoms with Crippen LogP contribution in [0, 0.1) is 0 Å². The van der Waals surface area contributed by atoms with Gasteiger partial charge in [-0.3, -0.25) is 9.36 Å². The molecule has 8 nitrogen and oxygen atoms in total. The molecule has 1 aromatic heterocycles. The molecule has 1 aliphatic rings. The van der Waals surface area contributed by atoms with Crippen LogP contribution in [0.1, 0.15) is 43.8 Å². The summed E-state index contributed by atoms with van der Waals surface area (Å²) in [4.78, 5) is 28.7. The fraction of sp³-hybridized carbons (Fsp3) is 0.500. The zero-order valence-electron chi connectivity index (χ0n) is 18.7. The van der Waals surface area contributed by atoms with Gasteiger partial charge in [-0.05, 0) is 36.3 Å². The van der Waals surface area contributed by atoms with E-state index >= 15 is 0 Å². The number of aromatic nitrogens is 2. The summed E-state index contributed by atoms with van der Waals surface area (Å²) in [6.07, 6.45) is -0.0998. The van der Waals surface area contributed by atoms with Gasteiger partial charge in [-0.25, -0.2) is 4.79 Å². The molecule has 1 aromatic carbocycles. The second-order valence-electron chi connectivity index (χ2n) is 9.33. The summed E-state index contributed by atoms with van der Waals surface area (Å²) in [5, 5.41) is 13.1. The number of hydrogen-bond donors (Lipinski definition) is 2. The zero-order chi connectivity index (χ0) is 22.8. The molecule has 31 heavy (non-hydrogen) atoms. The molecule has 3 rings (SSSR count). The van der Waals surface area contributed by atoms with E-state index in [2.05, 4.69) is 44.2 Å². The highest BCUT2D eigenvalue weighted by Crippen LogP contribution is 2.37. The molecule has 1 saturated heterocycles. The van der Waals surface area contributed by atoms with Crippen molar-refractivity contribution in [2.75, 3.05) is 11.9 Å². The Labute approximate surface area is 183 Å². The van der Waals surface area contributed by atoms with Crippen molar-refractivity contribution in [1.82, 2.24) is 9.55 Å². The van der Waals surface area contributed by atoms with E-state index in [0.717, 1.165) is 0 Å². The van der Waals surface area contributed by atoms with Crippen LogP contribution in [0.15, 0.2) is 47.4 Å². The van der Waals surface area contributed by atoms with E-state index in [0.29, 0.717) is 5.56 Å². The van der Waals surface area contributed by atoms with Crippen molar-refractivity contribution in [3.05, 3.63) is 58.6 Å². The highest BCUT2D eigenvalue weighted by Gasteiger charge is 2.41. The first-order valence-corrected chi connectivity index (χ1v) is 13.3. The Balaban J connectivity index is 1.64. The fourth-order valence-corrected chi connectivity index (χ4v) is 4.04. The molecule has 0 unspecified atom stereocenters. The number of anilines is 1. The molecule has 1 aliphatic heterocycles. The number of hydrogen-bond acceptors (Lipinski definition) is 6. The number of aliphatic hydroxyl groups is 1. The highest BCUT2D eigenvalue weighted by molar-refractivity contribution is 6.74. The topological polar surface area (TPSA) is 103 Å². The van der Waals surface area contributed by atoms with Crippen molar-refractivity contribution in [2.45, 2.75) is 63.8 Å². The van der Waals surface area contributed by atoms with E-state index in [4.69, 9.17) is 9.16 Å². The quantitative estimate of drug-likeness (QED) is 0.662. The van der Waals surface area contributed by atoms with Gasteiger partial charge in [0.15, 0.2) is 8.32 Å². The third kappa shape index (κ3) is 5.48. The normalized spacial score (nSPS) is 21.8. The molecule has 0 radical (unpaired) electrons. The van der Waals surface area contributed by atoms with Crippen LogP contribution >= 0.6 is 0 Å². The summed E-state index contributed by atoms with van der Waals surface area (Å²) >= 11 is 0. The number of aliphatic hydroxyl groups excluding tert-OH is 1. The smallest absolute Gasteiger partial charge is 0.351 e. The van der Waals surface area contributed by atoms with Gasteiger partial charge in [0.05, 0.1) is 12.7 Å². The standard InChI is InChI=1S/C22H31N3O5Si/c1-22(2,3)31(4,5)29-14-17-16(26)13-19(30-17)25-12-11-18(24-21(25)28)23-20(27)15-9-7-6-8-10-15/h6-12,16-17,19,26H,13-14H2,1-5H3,(H,23,24,27,28)/t16-,17-,19-/m1/s1. The van der Waals surface area contributed by atoms with Gasteiger partial charge < -0.3 is 19.6 Å². The number of carbonyl (C=O) groups is 1. The second kappa shape index (κ2) is 9.03. The van der Waals surface area contributed by atoms with Crippen molar-refractivity contribution < 1.29 is 19.1 Å². The molecule has 0 bridgehead atoms. The first-order valence-electron chi connectivity index (χ1n) is 10.4. The molecule has 2 heterocycles. The van der Waals surface area contributed by atoms with Gasteiger partial charge in [0.25, 0.3) is 5.91 Å². The van der Waals surface area contributed by atoms with Crippen LogP contribution in [0.4, 0.5) is 5.82 Å². The molecule has 0 spiro atoms. The Morgan fingerprint density at radius 2 is 1.97 bits per heavy atom. The maximum absolute atomic E-state index is 12.5. The van der Waals surface area contributed by atoms with E-state index in [1.165, 1.54) is 16.8 Å². The van der Waals surface area contributed by atoms with Gasteiger partial charge in [0.1, 0.15) is 18.1 Å². The maximum atomic E-state index is 12.5. The van der Waals surface area contributed by atoms with Crippen molar-refractivity contribution in [3.8, 4) is 0 Å². The lowest BCUT2D eigenvalue weighted by atomic mass is 10.2. The minimum atomic E-state index is -1.98. The molecule has 9 heteroatoms. The third-order valence-corrected chi connectivity index (χ3v) is 10.5. The summed E-state index contributed by atoms with van der Waals surface area (Å²) in [5.41, 5.74) is -0.0886. The van der Waals surface area contributed by atoms with E-state index < -0.39 is 32.4 Å². The average Bonchev–Trinajstić information content (AvgIpc) is 3.06. The maximum Gasteiger partial charge on any atom is 0.351 e. The number of amides is 1. The Kier molecular flexibility index (Phi) is 6.80. The number of carbonyl (C=O) groups excluding carboxylic acids is 1. The number of ether oxygens (including phenoxy) is 1. The third-order valence-electron chi connectivity index (χ3n) is 6.04. The molecule has 1 fully saturated rings. The molecular weight excluding hydrogens is 414 g/mol. The Bertz CT molecular complexity index is 971. The van der Waals surface area contributed by atoms with Crippen LogP contribution in [-0.2, 0) is 9.16 Å². The van der Waals surface area contributed by atoms with Crippen molar-refractivity contribution in [3.63, 3.8) is 0 Å². The van der Waals surface area contributed by atoms with Crippen molar-refractivity contribution >= 4 is 20.0 Å². The minimum absolute atomic E-state index is 0.0524. The summed E-state index contributed by atoms with van der Waals surface area (Å²) in [5.74, 6) is -0.188. The first-order chi connectivity index (χ1) is 14.5. The van der Waals surface area contributed by atoms with Crippen molar-refractivity contribution in [2.24, 2.45) is 0 Å². The van der Waals surface area contributed by atoms with Gasteiger partial charge >= 0.3 is 5.69 Å². The van der Waals surface area contributed by atoms with E-state index in [1.807, 2.05) is 6.07 Å². The van der Waals surface area contributed by atoms with Crippen molar-refractivity contribution in [1.29, 1.82) is 0 Å². The lowest BCUT2D eigenvalue weighted by Gasteiger charge is -2.37. The Hall–Kier alpha value is -2.33. The van der Waals surface area contributed by atoms with Gasteiger partial charge in [-0.2, -0.15) is 4.98 Å². The SMILES string of the molecule is CC(C)(C)[Si](C)(C)OC[C@H]1O[C@@H](n2ccc(NC(=O)c3ccccc3)nc2=O)C[C@H]1O. The number of nitrogens with one attached hydrogen (secondary N) is 1. The molecule has 0 aliphatic carbocycles. The van der Waals surface area contributed by atoms with Crippen LogP contribution in [0.5, 0.6) is 0 Å². The van der Waals surface area contributed by atoms with Gasteiger partial charge in [0, 0.05) is 18.2 Å². The van der Waals surface area contributed by atoms with E-state index in [9.17, 15) is 14.7 Å². The Morgan fingerprint density at radius 1 is 1.29 bits per heavy atom. The largest absolute Gasteiger partial charge is 0.414 e. The minimum Gasteiger partial charge on any atom is -0.414 e. The van der Waals surface area contributed by atoms with Crippen LogP contribution < -0.4 is 11.0 Å². The van der Waals surface area contributed by atoms with Gasteiger partial charge in [-0.1, -0.05) is 39.0 Å². The first kappa shape index (κ1) is 23.3. The molecule has 168 valence electrons. The Morgan fingerprint density at radius 3 is 2.58 bits per heavy atom. The number of rotatable bonds is 6. The molecular formula is C22H31N3O5Si. The summed E-state index contributed by atoms with van der Waals surface area (Å²) in [6, 6.07) is 10.2. The summed E-state index contributed by atoms with van der Waals surface area (Å²) < 4.78 is 13.4. The predicted octanol–water partition coefficient (Wildman–Crippen LogP) is 3.17. The molecule has 0 saturated carbocycles. The van der Waals surface area contributed by atoms with Gasteiger partial charge in [0.2, 0.25) is 0 Å². The van der Waals surface area contributed by atoms with Crippen LogP contribution in [-0.4, -0.2) is 47.7 Å². The number of nitrogens with zero attached hydrogens (tertiary/aromatic N) is 2. The highest BCUT2D eigenvalue weighted by atomic mass is 28.4. The molecule has 3 atom stereocenters. The lowest BCUT2D eigenvalue weighted by Crippen LogP contribution is -2.43. The molecule has 2 N–H and O–H groups in total. The van der Waals surface area contributed by atoms with E-state index in [1.54, 1.807) is 24.3 Å². The zero-order valence-corrected chi connectivity index (χ0v) is 19.7. The summed E-state index contributed by atoms with van der Waals surface area (Å²) in [6.45, 7) is 11.0. The average molecular weight is 446 g/mol. The van der Waals surface area contributed by atoms with Crippen LogP contribution in [0.25, 0.3) is 0 Å². The van der Waals surface area contributed by atoms with Gasteiger partial charge in [-0.15, -0.1) is 0 Å². The van der Waals surface area contributed by atoms with E-state index in [-0.39, 0.29) is 29.8 Å². The van der Waals surface area contributed by atoms with Crippen LogP contribution in [0.3, 0.4) is 0 Å². The molecule has 1 amide bonds. The summed E-state index contributed by atoms with van der Waals surface area (Å²) in [7, 11) is -1.98. The fourth-order valence-electron chi connectivity index (χ4n) is 3.02. The van der Waals surface area contributed by atoms with Crippen LogP contribution in [0.2, 0.25) is 18.1 Å².